The van der Waals surface area contributed by atoms with Crippen molar-refractivity contribution in [1.82, 2.24) is 4.90 Å². The van der Waals surface area contributed by atoms with Gasteiger partial charge in [0.2, 0.25) is 5.91 Å². The molecular formula is C14H15BrN2O. The summed E-state index contributed by atoms with van der Waals surface area (Å²) in [6.45, 7) is 0.563. The first-order valence-corrected chi connectivity index (χ1v) is 6.91. The predicted molar refractivity (Wildman–Crippen MR) is 72.8 cm³/mol. The first-order chi connectivity index (χ1) is 8.70. The number of nitrogens with zero attached hydrogens (tertiary/aromatic N) is 2. The van der Waals surface area contributed by atoms with E-state index in [4.69, 9.17) is 5.26 Å². The van der Waals surface area contributed by atoms with Crippen molar-refractivity contribution < 1.29 is 4.79 Å². The van der Waals surface area contributed by atoms with E-state index in [-0.39, 0.29) is 5.91 Å². The number of hydrogen-bond acceptors (Lipinski definition) is 2. The van der Waals surface area contributed by atoms with Crippen molar-refractivity contribution in [2.45, 2.75) is 31.7 Å². The highest BCUT2D eigenvalue weighted by molar-refractivity contribution is 9.10. The molecule has 4 heteroatoms. The van der Waals surface area contributed by atoms with Crippen LogP contribution in [0.3, 0.4) is 0 Å². The Balaban J connectivity index is 1.98. The maximum Gasteiger partial charge on any atom is 0.227 e. The third kappa shape index (κ3) is 3.58. The van der Waals surface area contributed by atoms with E-state index in [1.54, 1.807) is 0 Å². The van der Waals surface area contributed by atoms with E-state index in [1.807, 2.05) is 29.2 Å². The van der Waals surface area contributed by atoms with Gasteiger partial charge >= 0.3 is 0 Å². The van der Waals surface area contributed by atoms with Gasteiger partial charge in [-0.3, -0.25) is 4.79 Å². The van der Waals surface area contributed by atoms with Gasteiger partial charge in [0.05, 0.1) is 18.9 Å². The van der Waals surface area contributed by atoms with Gasteiger partial charge < -0.3 is 4.90 Å². The van der Waals surface area contributed by atoms with Gasteiger partial charge in [0.25, 0.3) is 0 Å². The lowest BCUT2D eigenvalue weighted by molar-refractivity contribution is -0.131. The number of carbonyl (C=O) groups is 1. The summed E-state index contributed by atoms with van der Waals surface area (Å²) in [5, 5.41) is 8.63. The van der Waals surface area contributed by atoms with Crippen LogP contribution in [-0.2, 0) is 11.2 Å². The number of halogens is 1. The van der Waals surface area contributed by atoms with Crippen LogP contribution in [0, 0.1) is 11.3 Å². The summed E-state index contributed by atoms with van der Waals surface area (Å²) in [4.78, 5) is 14.1. The van der Waals surface area contributed by atoms with Gasteiger partial charge in [0.1, 0.15) is 0 Å². The van der Waals surface area contributed by atoms with Gasteiger partial charge in [-0.15, -0.1) is 0 Å². The lowest BCUT2D eigenvalue weighted by atomic mass is 10.1. The molecule has 1 aromatic rings. The third-order valence-electron chi connectivity index (χ3n) is 3.02. The van der Waals surface area contributed by atoms with Crippen molar-refractivity contribution in [3.05, 3.63) is 34.3 Å². The topological polar surface area (TPSA) is 44.1 Å². The van der Waals surface area contributed by atoms with E-state index in [9.17, 15) is 4.79 Å². The van der Waals surface area contributed by atoms with Crippen molar-refractivity contribution in [1.29, 1.82) is 5.26 Å². The summed E-state index contributed by atoms with van der Waals surface area (Å²) in [6, 6.07) is 10.3. The maximum absolute atomic E-state index is 12.2. The molecule has 2 rings (SSSR count). The molecule has 1 aliphatic carbocycles. The maximum atomic E-state index is 12.2. The molecule has 0 N–H and O–H groups in total. The number of nitriles is 1. The van der Waals surface area contributed by atoms with Crippen LogP contribution in [0.15, 0.2) is 28.7 Å². The van der Waals surface area contributed by atoms with Crippen LogP contribution in [0.25, 0.3) is 0 Å². The van der Waals surface area contributed by atoms with E-state index in [1.165, 1.54) is 0 Å². The molecule has 1 aliphatic rings. The molecule has 0 bridgehead atoms. The van der Waals surface area contributed by atoms with Gasteiger partial charge in [-0.2, -0.15) is 5.26 Å². The van der Waals surface area contributed by atoms with Crippen molar-refractivity contribution in [3.8, 4) is 6.07 Å². The zero-order chi connectivity index (χ0) is 13.0. The Kier molecular flexibility index (Phi) is 4.38. The number of carbonyl (C=O) groups excluding carboxylic acids is 1. The molecular weight excluding hydrogens is 292 g/mol. The molecule has 18 heavy (non-hydrogen) atoms. The van der Waals surface area contributed by atoms with E-state index < -0.39 is 0 Å². The van der Waals surface area contributed by atoms with Crippen molar-refractivity contribution in [2.24, 2.45) is 0 Å². The van der Waals surface area contributed by atoms with Gasteiger partial charge in [0, 0.05) is 17.1 Å². The van der Waals surface area contributed by atoms with Crippen molar-refractivity contribution in [3.63, 3.8) is 0 Å². The van der Waals surface area contributed by atoms with Crippen LogP contribution in [0.2, 0.25) is 0 Å². The second kappa shape index (κ2) is 6.01. The second-order valence-electron chi connectivity index (χ2n) is 4.53. The molecule has 94 valence electrons. The molecule has 0 saturated heterocycles. The lowest BCUT2D eigenvalue weighted by Crippen LogP contribution is -2.35. The molecule has 0 atom stereocenters. The first-order valence-electron chi connectivity index (χ1n) is 6.11. The summed E-state index contributed by atoms with van der Waals surface area (Å²) in [6.07, 6.45) is 2.99. The SMILES string of the molecule is N#CCCN(C(=O)Cc1cccc(Br)c1)C1CC1. The zero-order valence-electron chi connectivity index (χ0n) is 10.1. The Bertz CT molecular complexity index is 477. The van der Waals surface area contributed by atoms with E-state index in [0.717, 1.165) is 22.9 Å². The normalized spacial score (nSPS) is 14.0. The highest BCUT2D eigenvalue weighted by atomic mass is 79.9. The molecule has 0 unspecified atom stereocenters. The lowest BCUT2D eigenvalue weighted by Gasteiger charge is -2.21. The molecule has 0 radical (unpaired) electrons. The van der Waals surface area contributed by atoms with Crippen LogP contribution in [0.4, 0.5) is 0 Å². The average molecular weight is 307 g/mol. The largest absolute Gasteiger partial charge is 0.338 e. The summed E-state index contributed by atoms with van der Waals surface area (Å²) in [5.74, 6) is 0.130. The van der Waals surface area contributed by atoms with Gasteiger partial charge in [-0.1, -0.05) is 28.1 Å². The fraction of sp³-hybridized carbons (Fsp3) is 0.429. The Morgan fingerprint density at radius 2 is 2.28 bits per heavy atom. The average Bonchev–Trinajstić information content (AvgIpc) is 3.14. The minimum Gasteiger partial charge on any atom is -0.338 e. The van der Waals surface area contributed by atoms with Crippen LogP contribution >= 0.6 is 15.9 Å². The molecule has 1 fully saturated rings. The molecule has 0 spiro atoms. The standard InChI is InChI=1S/C14H15BrN2O/c15-12-4-1-3-11(9-12)10-14(18)17(8-2-7-16)13-5-6-13/h1,3-4,9,13H,2,5-6,8,10H2. The Labute approximate surface area is 116 Å². The summed E-state index contributed by atoms with van der Waals surface area (Å²) in [7, 11) is 0. The van der Waals surface area contributed by atoms with Crippen molar-refractivity contribution >= 4 is 21.8 Å². The minimum atomic E-state index is 0.130. The van der Waals surface area contributed by atoms with E-state index in [0.29, 0.717) is 25.4 Å². The molecule has 1 saturated carbocycles. The van der Waals surface area contributed by atoms with Gasteiger partial charge in [-0.25, -0.2) is 0 Å². The van der Waals surface area contributed by atoms with Crippen LogP contribution < -0.4 is 0 Å². The molecule has 0 aromatic heterocycles. The Hall–Kier alpha value is -1.34. The van der Waals surface area contributed by atoms with Crippen LogP contribution in [0.1, 0.15) is 24.8 Å². The van der Waals surface area contributed by atoms with E-state index in [2.05, 4.69) is 22.0 Å². The fourth-order valence-electron chi connectivity index (χ4n) is 1.99. The van der Waals surface area contributed by atoms with Crippen LogP contribution in [0.5, 0.6) is 0 Å². The zero-order valence-corrected chi connectivity index (χ0v) is 11.7. The van der Waals surface area contributed by atoms with E-state index >= 15 is 0 Å². The third-order valence-corrected chi connectivity index (χ3v) is 3.51. The quantitative estimate of drug-likeness (QED) is 0.839. The smallest absolute Gasteiger partial charge is 0.227 e. The number of rotatable bonds is 5. The number of amides is 1. The molecule has 3 nitrogen and oxygen atoms in total. The molecule has 0 heterocycles. The highest BCUT2D eigenvalue weighted by Crippen LogP contribution is 2.27. The summed E-state index contributed by atoms with van der Waals surface area (Å²) >= 11 is 3.40. The molecule has 1 aromatic carbocycles. The van der Waals surface area contributed by atoms with Crippen LogP contribution in [-0.4, -0.2) is 23.4 Å². The number of hydrogen-bond donors (Lipinski definition) is 0. The highest BCUT2D eigenvalue weighted by Gasteiger charge is 2.31. The van der Waals surface area contributed by atoms with Gasteiger partial charge in [-0.05, 0) is 30.5 Å². The Morgan fingerprint density at radius 1 is 1.50 bits per heavy atom. The van der Waals surface area contributed by atoms with Gasteiger partial charge in [0.15, 0.2) is 0 Å². The molecule has 0 aliphatic heterocycles. The second-order valence-corrected chi connectivity index (χ2v) is 5.45. The number of benzene rings is 1. The molecule has 1 amide bonds. The Morgan fingerprint density at radius 3 is 2.89 bits per heavy atom. The first kappa shape index (κ1) is 13.1. The predicted octanol–water partition coefficient (Wildman–Crippen LogP) is 2.90. The minimum absolute atomic E-state index is 0.130. The monoisotopic (exact) mass is 306 g/mol. The summed E-state index contributed by atoms with van der Waals surface area (Å²) < 4.78 is 0.989. The van der Waals surface area contributed by atoms with Crippen molar-refractivity contribution in [2.75, 3.05) is 6.54 Å². The fourth-order valence-corrected chi connectivity index (χ4v) is 2.44. The summed E-state index contributed by atoms with van der Waals surface area (Å²) in [5.41, 5.74) is 1.01.